The number of halogens is 2. The average molecular weight is 566 g/mol. The maximum atomic E-state index is 13.6. The van der Waals surface area contributed by atoms with E-state index in [0.717, 1.165) is 56.7 Å². The van der Waals surface area contributed by atoms with E-state index in [4.69, 9.17) is 4.74 Å². The van der Waals surface area contributed by atoms with Crippen LogP contribution < -0.4 is 20.7 Å². The van der Waals surface area contributed by atoms with Crippen molar-refractivity contribution in [1.29, 1.82) is 0 Å². The Kier molecular flexibility index (Phi) is 8.94. The summed E-state index contributed by atoms with van der Waals surface area (Å²) < 4.78 is 19.1. The molecule has 0 spiro atoms. The van der Waals surface area contributed by atoms with Crippen molar-refractivity contribution >= 4 is 35.8 Å². The quantitative estimate of drug-likeness (QED) is 0.234. The van der Waals surface area contributed by atoms with Gasteiger partial charge in [0.15, 0.2) is 12.6 Å². The molecule has 0 heterocycles. The number of amides is 1. The maximum Gasteiger partial charge on any atom is 0.258 e. The topological polar surface area (TPSA) is 74.8 Å². The van der Waals surface area contributed by atoms with Crippen LogP contribution in [0.4, 0.5) is 4.39 Å². The van der Waals surface area contributed by atoms with Gasteiger partial charge in [0.1, 0.15) is 11.6 Å². The summed E-state index contributed by atoms with van der Waals surface area (Å²) in [4.78, 5) is 16.0. The van der Waals surface area contributed by atoms with E-state index in [1.54, 1.807) is 19.2 Å². The minimum absolute atomic E-state index is 0. The number of rotatable bonds is 10. The fraction of sp³-hybridized carbons (Fsp3) is 0.440. The summed E-state index contributed by atoms with van der Waals surface area (Å²) in [6.07, 6.45) is 5.08. The van der Waals surface area contributed by atoms with E-state index in [0.29, 0.717) is 11.8 Å². The summed E-state index contributed by atoms with van der Waals surface area (Å²) in [5, 5.41) is 9.64. The minimum Gasteiger partial charge on any atom is -0.484 e. The van der Waals surface area contributed by atoms with Gasteiger partial charge in [-0.1, -0.05) is 24.3 Å². The van der Waals surface area contributed by atoms with Crippen molar-refractivity contribution in [1.82, 2.24) is 16.0 Å². The van der Waals surface area contributed by atoms with Crippen LogP contribution in [-0.4, -0.2) is 44.7 Å². The third-order valence-electron chi connectivity index (χ3n) is 6.05. The van der Waals surface area contributed by atoms with E-state index in [-0.39, 0.29) is 47.7 Å². The molecule has 0 bridgehead atoms. The van der Waals surface area contributed by atoms with Gasteiger partial charge in [0.05, 0.1) is 0 Å². The summed E-state index contributed by atoms with van der Waals surface area (Å²) >= 11 is 0. The molecular weight excluding hydrogens is 534 g/mol. The molecule has 4 rings (SSSR count). The van der Waals surface area contributed by atoms with Gasteiger partial charge in [-0.15, -0.1) is 24.0 Å². The second-order valence-electron chi connectivity index (χ2n) is 8.67. The lowest BCUT2D eigenvalue weighted by molar-refractivity contribution is -0.123. The summed E-state index contributed by atoms with van der Waals surface area (Å²) in [5.41, 5.74) is 2.22. The van der Waals surface area contributed by atoms with E-state index < -0.39 is 0 Å². The molecule has 8 heteroatoms. The second kappa shape index (κ2) is 11.7. The van der Waals surface area contributed by atoms with Crippen molar-refractivity contribution in [3.8, 4) is 5.75 Å². The molecule has 0 aliphatic heterocycles. The van der Waals surface area contributed by atoms with Gasteiger partial charge in [0, 0.05) is 31.6 Å². The lowest BCUT2D eigenvalue weighted by atomic mass is 9.96. The van der Waals surface area contributed by atoms with Crippen LogP contribution in [-0.2, 0) is 16.6 Å². The zero-order valence-electron chi connectivity index (χ0n) is 18.9. The van der Waals surface area contributed by atoms with Gasteiger partial charge in [-0.05, 0) is 67.5 Å². The number of benzene rings is 2. The van der Waals surface area contributed by atoms with Gasteiger partial charge in [-0.3, -0.25) is 9.79 Å². The Morgan fingerprint density at radius 1 is 1.15 bits per heavy atom. The molecule has 2 aliphatic carbocycles. The fourth-order valence-electron chi connectivity index (χ4n) is 3.73. The molecule has 0 atom stereocenters. The van der Waals surface area contributed by atoms with Crippen LogP contribution in [0.5, 0.6) is 5.75 Å². The molecular formula is C25H32FIN4O2. The van der Waals surface area contributed by atoms with Crippen LogP contribution in [0, 0.1) is 5.82 Å². The highest BCUT2D eigenvalue weighted by molar-refractivity contribution is 14.0. The smallest absolute Gasteiger partial charge is 0.258 e. The summed E-state index contributed by atoms with van der Waals surface area (Å²) in [6, 6.07) is 15.0. The van der Waals surface area contributed by atoms with Crippen LogP contribution in [0.15, 0.2) is 53.5 Å². The van der Waals surface area contributed by atoms with Crippen LogP contribution in [0.2, 0.25) is 0 Å². The number of nitrogens with one attached hydrogen (secondary N) is 3. The first-order valence-electron chi connectivity index (χ1n) is 11.3. The van der Waals surface area contributed by atoms with E-state index in [1.807, 2.05) is 30.3 Å². The van der Waals surface area contributed by atoms with Gasteiger partial charge in [-0.2, -0.15) is 0 Å². The maximum absolute atomic E-state index is 13.6. The molecule has 0 unspecified atom stereocenters. The Hall–Kier alpha value is -2.36. The third-order valence-corrected chi connectivity index (χ3v) is 6.05. The van der Waals surface area contributed by atoms with Gasteiger partial charge in [0.25, 0.3) is 5.91 Å². The zero-order chi connectivity index (χ0) is 22.4. The van der Waals surface area contributed by atoms with Crippen molar-refractivity contribution in [2.45, 2.75) is 43.6 Å². The highest BCUT2D eigenvalue weighted by Crippen LogP contribution is 2.47. The molecule has 33 heavy (non-hydrogen) atoms. The van der Waals surface area contributed by atoms with Gasteiger partial charge in [-0.25, -0.2) is 4.39 Å². The molecule has 6 nitrogen and oxygen atoms in total. The monoisotopic (exact) mass is 566 g/mol. The molecule has 1 amide bonds. The second-order valence-corrected chi connectivity index (χ2v) is 8.67. The standard InChI is InChI=1S/C25H31FN4O2.HI/c1-27-24(29-17-25(12-13-25)19-3-2-4-20(26)15-19)28-14-11-18-5-9-22(10-6-18)32-16-23(31)30-21-7-8-21;/h2-6,9-10,15,21H,7-8,11-14,16-17H2,1H3,(H,30,31)(H2,27,28,29);1H. The highest BCUT2D eigenvalue weighted by atomic mass is 127. The Balaban J connectivity index is 0.00000306. The van der Waals surface area contributed by atoms with Crippen molar-refractivity contribution in [3.05, 3.63) is 65.5 Å². The molecule has 0 saturated heterocycles. The number of carbonyl (C=O) groups is 1. The Bertz CT molecular complexity index is 959. The van der Waals surface area contributed by atoms with Crippen LogP contribution in [0.25, 0.3) is 0 Å². The molecule has 178 valence electrons. The Morgan fingerprint density at radius 3 is 2.55 bits per heavy atom. The minimum atomic E-state index is -0.186. The number of nitrogens with zero attached hydrogens (tertiary/aromatic N) is 1. The molecule has 3 N–H and O–H groups in total. The summed E-state index contributed by atoms with van der Waals surface area (Å²) in [5.74, 6) is 1.19. The van der Waals surface area contributed by atoms with Gasteiger partial charge in [0.2, 0.25) is 0 Å². The predicted molar refractivity (Wildman–Crippen MR) is 139 cm³/mol. The lowest BCUT2D eigenvalue weighted by Crippen LogP contribution is -2.42. The van der Waals surface area contributed by atoms with E-state index >= 15 is 0 Å². The van der Waals surface area contributed by atoms with E-state index in [1.165, 1.54) is 11.6 Å². The number of ether oxygens (including phenoxy) is 1. The first-order valence-corrected chi connectivity index (χ1v) is 11.3. The lowest BCUT2D eigenvalue weighted by Gasteiger charge is -2.19. The summed E-state index contributed by atoms with van der Waals surface area (Å²) in [6.45, 7) is 1.52. The van der Waals surface area contributed by atoms with E-state index in [9.17, 15) is 9.18 Å². The predicted octanol–water partition coefficient (Wildman–Crippen LogP) is 3.54. The zero-order valence-corrected chi connectivity index (χ0v) is 21.2. The molecule has 0 radical (unpaired) electrons. The molecule has 2 aliphatic rings. The van der Waals surface area contributed by atoms with Gasteiger partial charge >= 0.3 is 0 Å². The normalized spacial score (nSPS) is 16.4. The Labute approximate surface area is 211 Å². The molecule has 2 fully saturated rings. The third kappa shape index (κ3) is 7.58. The Morgan fingerprint density at radius 2 is 1.91 bits per heavy atom. The van der Waals surface area contributed by atoms with Crippen molar-refractivity contribution in [2.24, 2.45) is 4.99 Å². The number of hydrogen-bond donors (Lipinski definition) is 3. The first kappa shape index (κ1) is 25.3. The van der Waals surface area contributed by atoms with E-state index in [2.05, 4.69) is 20.9 Å². The molecule has 0 aromatic heterocycles. The molecule has 2 aromatic rings. The van der Waals surface area contributed by atoms with Crippen LogP contribution in [0.1, 0.15) is 36.8 Å². The SMILES string of the molecule is CN=C(NCCc1ccc(OCC(=O)NC2CC2)cc1)NCC1(c2cccc(F)c2)CC1.I. The van der Waals surface area contributed by atoms with Crippen molar-refractivity contribution in [3.63, 3.8) is 0 Å². The van der Waals surface area contributed by atoms with Crippen LogP contribution in [0.3, 0.4) is 0 Å². The average Bonchev–Trinajstić information content (AvgIpc) is 3.72. The van der Waals surface area contributed by atoms with Gasteiger partial charge < -0.3 is 20.7 Å². The fourth-order valence-corrected chi connectivity index (χ4v) is 3.73. The number of hydrogen-bond acceptors (Lipinski definition) is 3. The molecule has 2 saturated carbocycles. The first-order chi connectivity index (χ1) is 15.6. The van der Waals surface area contributed by atoms with Crippen LogP contribution >= 0.6 is 24.0 Å². The number of carbonyl (C=O) groups excluding carboxylic acids is 1. The highest BCUT2D eigenvalue weighted by Gasteiger charge is 2.44. The van der Waals surface area contributed by atoms with Crippen molar-refractivity contribution in [2.75, 3.05) is 26.7 Å². The molecule has 2 aromatic carbocycles. The number of aliphatic imine (C=N–C) groups is 1. The summed E-state index contributed by atoms with van der Waals surface area (Å²) in [7, 11) is 1.75. The largest absolute Gasteiger partial charge is 0.484 e. The number of guanidine groups is 1. The van der Waals surface area contributed by atoms with Crippen molar-refractivity contribution < 1.29 is 13.9 Å².